The van der Waals surface area contributed by atoms with Crippen LogP contribution in [-0.4, -0.2) is 62.9 Å². The van der Waals surface area contributed by atoms with E-state index in [9.17, 15) is 4.79 Å². The highest BCUT2D eigenvalue weighted by molar-refractivity contribution is 5.81. The SMILES string of the molecule is CCC(C)N(CCOC)C1CCC(NC)(C(=O)OC)C1. The molecule has 0 saturated heterocycles. The number of esters is 1. The van der Waals surface area contributed by atoms with E-state index in [2.05, 4.69) is 24.1 Å². The van der Waals surface area contributed by atoms with Crippen LogP contribution in [0.15, 0.2) is 0 Å². The Kier molecular flexibility index (Phi) is 6.92. The molecular weight excluding hydrogens is 256 g/mol. The van der Waals surface area contributed by atoms with Gasteiger partial charge in [0.25, 0.3) is 0 Å². The summed E-state index contributed by atoms with van der Waals surface area (Å²) >= 11 is 0. The summed E-state index contributed by atoms with van der Waals surface area (Å²) in [6.45, 7) is 6.08. The number of likely N-dealkylation sites (N-methyl/N-ethyl adjacent to an activating group) is 1. The highest BCUT2D eigenvalue weighted by Gasteiger charge is 2.47. The largest absolute Gasteiger partial charge is 0.468 e. The second-order valence-corrected chi connectivity index (χ2v) is 5.71. The van der Waals surface area contributed by atoms with Gasteiger partial charge in [-0.05, 0) is 39.7 Å². The summed E-state index contributed by atoms with van der Waals surface area (Å²) in [4.78, 5) is 14.5. The molecule has 0 radical (unpaired) electrons. The summed E-state index contributed by atoms with van der Waals surface area (Å²) in [6.07, 6.45) is 3.76. The molecule has 1 N–H and O–H groups in total. The lowest BCUT2D eigenvalue weighted by atomic mass is 9.97. The number of carbonyl (C=O) groups is 1. The normalized spacial score (nSPS) is 27.8. The van der Waals surface area contributed by atoms with Gasteiger partial charge in [-0.2, -0.15) is 0 Å². The van der Waals surface area contributed by atoms with Crippen molar-refractivity contribution >= 4 is 5.97 Å². The van der Waals surface area contributed by atoms with Crippen molar-refractivity contribution in [3.05, 3.63) is 0 Å². The van der Waals surface area contributed by atoms with E-state index in [1.807, 2.05) is 7.05 Å². The van der Waals surface area contributed by atoms with Crippen LogP contribution in [0.1, 0.15) is 39.5 Å². The van der Waals surface area contributed by atoms with Crippen molar-refractivity contribution in [2.45, 2.75) is 57.2 Å². The maximum absolute atomic E-state index is 12.1. The summed E-state index contributed by atoms with van der Waals surface area (Å²) in [5.74, 6) is -0.140. The summed E-state index contributed by atoms with van der Waals surface area (Å²) in [7, 11) is 5.05. The molecule has 0 aromatic rings. The number of nitrogens with one attached hydrogen (secondary N) is 1. The molecule has 1 aliphatic carbocycles. The van der Waals surface area contributed by atoms with Crippen LogP contribution in [0.2, 0.25) is 0 Å². The first-order valence-corrected chi connectivity index (χ1v) is 7.56. The van der Waals surface area contributed by atoms with Crippen LogP contribution in [0.25, 0.3) is 0 Å². The van der Waals surface area contributed by atoms with Gasteiger partial charge in [-0.25, -0.2) is 0 Å². The van der Waals surface area contributed by atoms with Crippen LogP contribution in [0.5, 0.6) is 0 Å². The lowest BCUT2D eigenvalue weighted by Crippen LogP contribution is -2.51. The van der Waals surface area contributed by atoms with Crippen LogP contribution in [0.4, 0.5) is 0 Å². The molecule has 0 heterocycles. The molecule has 0 spiro atoms. The lowest BCUT2D eigenvalue weighted by Gasteiger charge is -2.35. The number of methoxy groups -OCH3 is 2. The zero-order valence-corrected chi connectivity index (χ0v) is 13.6. The van der Waals surface area contributed by atoms with Gasteiger partial charge < -0.3 is 14.8 Å². The molecule has 5 heteroatoms. The van der Waals surface area contributed by atoms with E-state index >= 15 is 0 Å². The maximum Gasteiger partial charge on any atom is 0.326 e. The van der Waals surface area contributed by atoms with Gasteiger partial charge in [-0.3, -0.25) is 9.69 Å². The predicted octanol–water partition coefficient (Wildman–Crippen LogP) is 1.42. The molecule has 0 bridgehead atoms. The van der Waals surface area contributed by atoms with E-state index in [0.29, 0.717) is 12.1 Å². The van der Waals surface area contributed by atoms with E-state index in [0.717, 1.165) is 38.8 Å². The third-order valence-corrected chi connectivity index (χ3v) is 4.72. The summed E-state index contributed by atoms with van der Waals surface area (Å²) < 4.78 is 10.2. The van der Waals surface area contributed by atoms with E-state index in [-0.39, 0.29) is 5.97 Å². The van der Waals surface area contributed by atoms with Gasteiger partial charge in [0.2, 0.25) is 0 Å². The molecule has 0 amide bonds. The van der Waals surface area contributed by atoms with Gasteiger partial charge in [0, 0.05) is 25.7 Å². The second-order valence-electron chi connectivity index (χ2n) is 5.71. The van der Waals surface area contributed by atoms with Gasteiger partial charge in [-0.1, -0.05) is 6.92 Å². The van der Waals surface area contributed by atoms with E-state index in [1.165, 1.54) is 7.11 Å². The highest BCUT2D eigenvalue weighted by Crippen LogP contribution is 2.35. The third kappa shape index (κ3) is 3.71. The van der Waals surface area contributed by atoms with Crippen molar-refractivity contribution < 1.29 is 14.3 Å². The van der Waals surface area contributed by atoms with Crippen LogP contribution < -0.4 is 5.32 Å². The van der Waals surface area contributed by atoms with E-state index in [4.69, 9.17) is 9.47 Å². The molecule has 0 aromatic heterocycles. The Hall–Kier alpha value is -0.650. The lowest BCUT2D eigenvalue weighted by molar-refractivity contribution is -0.148. The number of carbonyl (C=O) groups excluding carboxylic acids is 1. The number of ether oxygens (including phenoxy) is 2. The van der Waals surface area contributed by atoms with Gasteiger partial charge >= 0.3 is 5.97 Å². The molecule has 1 fully saturated rings. The second kappa shape index (κ2) is 7.96. The van der Waals surface area contributed by atoms with Crippen molar-refractivity contribution in [1.29, 1.82) is 0 Å². The Morgan fingerprint density at radius 1 is 1.50 bits per heavy atom. The quantitative estimate of drug-likeness (QED) is 0.684. The Balaban J connectivity index is 2.77. The van der Waals surface area contributed by atoms with Crippen molar-refractivity contribution in [1.82, 2.24) is 10.2 Å². The molecule has 1 aliphatic rings. The van der Waals surface area contributed by atoms with Gasteiger partial charge in [0.1, 0.15) is 5.54 Å². The molecule has 118 valence electrons. The minimum absolute atomic E-state index is 0.140. The van der Waals surface area contributed by atoms with Crippen molar-refractivity contribution in [3.8, 4) is 0 Å². The first-order chi connectivity index (χ1) is 9.54. The standard InChI is InChI=1S/C15H30N2O3/c1-6-12(2)17(9-10-19-4)13-7-8-15(11-13,16-3)14(18)20-5/h12-13,16H,6-11H2,1-5H3. The fourth-order valence-electron chi connectivity index (χ4n) is 3.21. The monoisotopic (exact) mass is 286 g/mol. The highest BCUT2D eigenvalue weighted by atomic mass is 16.5. The van der Waals surface area contributed by atoms with Gasteiger partial charge in [-0.15, -0.1) is 0 Å². The van der Waals surface area contributed by atoms with Crippen LogP contribution in [0.3, 0.4) is 0 Å². The zero-order chi connectivity index (χ0) is 15.2. The summed E-state index contributed by atoms with van der Waals surface area (Å²) in [5.41, 5.74) is -0.516. The first-order valence-electron chi connectivity index (χ1n) is 7.56. The van der Waals surface area contributed by atoms with Gasteiger partial charge in [0.05, 0.1) is 13.7 Å². The molecule has 0 aliphatic heterocycles. The Morgan fingerprint density at radius 3 is 2.70 bits per heavy atom. The molecular formula is C15H30N2O3. The Labute approximate surface area is 123 Å². The van der Waals surface area contributed by atoms with Crippen LogP contribution in [-0.2, 0) is 14.3 Å². The number of nitrogens with zero attached hydrogens (tertiary/aromatic N) is 1. The minimum atomic E-state index is -0.516. The fourth-order valence-corrected chi connectivity index (χ4v) is 3.21. The fraction of sp³-hybridized carbons (Fsp3) is 0.933. The zero-order valence-electron chi connectivity index (χ0n) is 13.6. The van der Waals surface area contributed by atoms with Crippen molar-refractivity contribution in [3.63, 3.8) is 0 Å². The van der Waals surface area contributed by atoms with E-state index < -0.39 is 5.54 Å². The Morgan fingerprint density at radius 2 is 2.20 bits per heavy atom. The molecule has 1 saturated carbocycles. The smallest absolute Gasteiger partial charge is 0.326 e. The minimum Gasteiger partial charge on any atom is -0.468 e. The number of rotatable bonds is 8. The predicted molar refractivity (Wildman–Crippen MR) is 79.8 cm³/mol. The maximum atomic E-state index is 12.1. The molecule has 3 atom stereocenters. The molecule has 20 heavy (non-hydrogen) atoms. The molecule has 5 nitrogen and oxygen atoms in total. The number of hydrogen-bond donors (Lipinski definition) is 1. The average molecular weight is 286 g/mol. The van der Waals surface area contributed by atoms with Crippen molar-refractivity contribution in [2.24, 2.45) is 0 Å². The summed E-state index contributed by atoms with van der Waals surface area (Å²) in [6, 6.07) is 0.909. The van der Waals surface area contributed by atoms with Crippen LogP contribution in [0, 0.1) is 0 Å². The first kappa shape index (κ1) is 17.4. The topological polar surface area (TPSA) is 50.8 Å². The van der Waals surface area contributed by atoms with Crippen molar-refractivity contribution in [2.75, 3.05) is 34.4 Å². The summed E-state index contributed by atoms with van der Waals surface area (Å²) in [5, 5.41) is 3.19. The molecule has 3 unspecified atom stereocenters. The average Bonchev–Trinajstić information content (AvgIpc) is 2.92. The number of hydrogen-bond acceptors (Lipinski definition) is 5. The third-order valence-electron chi connectivity index (χ3n) is 4.72. The molecule has 1 rings (SSSR count). The van der Waals surface area contributed by atoms with Gasteiger partial charge in [0.15, 0.2) is 0 Å². The molecule has 0 aromatic carbocycles. The Bertz CT molecular complexity index is 311. The van der Waals surface area contributed by atoms with E-state index in [1.54, 1.807) is 7.11 Å². The van der Waals surface area contributed by atoms with Crippen LogP contribution >= 0.6 is 0 Å².